The molecule has 0 radical (unpaired) electrons. The van der Waals surface area contributed by atoms with Crippen LogP contribution in [0.3, 0.4) is 0 Å². The van der Waals surface area contributed by atoms with Gasteiger partial charge in [-0.2, -0.15) is 0 Å². The minimum Gasteiger partial charge on any atom is -0.493 e. The van der Waals surface area contributed by atoms with Crippen LogP contribution in [0.15, 0.2) is 42.5 Å². The molecule has 1 aromatic carbocycles. The molecule has 0 spiro atoms. The number of rotatable bonds is 2. The molecule has 0 N–H and O–H groups in total. The Kier molecular flexibility index (Phi) is 3.01. The lowest BCUT2D eigenvalue weighted by Gasteiger charge is -2.25. The molecule has 0 amide bonds. The first-order chi connectivity index (χ1) is 8.81. The Hall–Kier alpha value is -1.83. The van der Waals surface area contributed by atoms with Gasteiger partial charge in [0, 0.05) is 17.3 Å². The first-order valence-corrected chi connectivity index (χ1v) is 6.44. The zero-order valence-corrected chi connectivity index (χ0v) is 10.6. The van der Waals surface area contributed by atoms with Gasteiger partial charge in [0.15, 0.2) is 0 Å². The topological polar surface area (TPSA) is 22.1 Å². The summed E-state index contributed by atoms with van der Waals surface area (Å²) in [5.41, 5.74) is 3.58. The lowest BCUT2D eigenvalue weighted by atomic mass is 9.92. The average molecular weight is 239 g/mol. The molecule has 1 aromatic heterocycles. The summed E-state index contributed by atoms with van der Waals surface area (Å²) in [6, 6.07) is 14.5. The van der Waals surface area contributed by atoms with Crippen LogP contribution in [0.1, 0.15) is 17.0 Å². The smallest absolute Gasteiger partial charge is 0.122 e. The van der Waals surface area contributed by atoms with Crippen LogP contribution >= 0.6 is 0 Å². The second-order valence-electron chi connectivity index (χ2n) is 4.96. The summed E-state index contributed by atoms with van der Waals surface area (Å²) in [7, 11) is 0. The summed E-state index contributed by atoms with van der Waals surface area (Å²) >= 11 is 0. The molecule has 0 bridgehead atoms. The molecule has 2 heterocycles. The van der Waals surface area contributed by atoms with Crippen molar-refractivity contribution >= 4 is 0 Å². The number of pyridine rings is 1. The summed E-state index contributed by atoms with van der Waals surface area (Å²) in [4.78, 5) is 4.57. The van der Waals surface area contributed by atoms with E-state index in [0.717, 1.165) is 30.9 Å². The highest BCUT2D eigenvalue weighted by atomic mass is 16.5. The van der Waals surface area contributed by atoms with Gasteiger partial charge in [-0.05, 0) is 43.5 Å². The number of fused-ring (bicyclic) bond motifs is 1. The second kappa shape index (κ2) is 4.81. The first kappa shape index (κ1) is 11.3. The van der Waals surface area contributed by atoms with Crippen molar-refractivity contribution in [3.05, 3.63) is 59.4 Å². The van der Waals surface area contributed by atoms with E-state index in [1.165, 1.54) is 11.3 Å². The molecule has 0 saturated carbocycles. The summed E-state index contributed by atoms with van der Waals surface area (Å²) in [5.74, 6) is 1.58. The van der Waals surface area contributed by atoms with Crippen LogP contribution in [0.2, 0.25) is 0 Å². The molecule has 2 heteroatoms. The Morgan fingerprint density at radius 3 is 2.94 bits per heavy atom. The normalized spacial score (nSPS) is 17.9. The summed E-state index contributed by atoms with van der Waals surface area (Å²) in [6.07, 6.45) is 2.09. The van der Waals surface area contributed by atoms with E-state index in [9.17, 15) is 0 Å². The predicted octanol–water partition coefficient (Wildman–Crippen LogP) is 3.18. The van der Waals surface area contributed by atoms with Crippen molar-refractivity contribution in [2.75, 3.05) is 6.61 Å². The fourth-order valence-electron chi connectivity index (χ4n) is 2.53. The maximum absolute atomic E-state index is 5.81. The van der Waals surface area contributed by atoms with Gasteiger partial charge in [0.25, 0.3) is 0 Å². The number of ether oxygens (including phenoxy) is 1. The van der Waals surface area contributed by atoms with E-state index in [1.54, 1.807) is 0 Å². The fraction of sp³-hybridized carbons (Fsp3) is 0.312. The van der Waals surface area contributed by atoms with Gasteiger partial charge < -0.3 is 4.74 Å². The van der Waals surface area contributed by atoms with E-state index in [1.807, 2.05) is 19.1 Å². The SMILES string of the molecule is Cc1cccc(C[C@@H]2COc3ccccc3C2)n1. The van der Waals surface area contributed by atoms with Gasteiger partial charge in [-0.1, -0.05) is 24.3 Å². The van der Waals surface area contributed by atoms with Crippen LogP contribution in [-0.2, 0) is 12.8 Å². The van der Waals surface area contributed by atoms with Crippen LogP contribution in [0.4, 0.5) is 0 Å². The van der Waals surface area contributed by atoms with E-state index >= 15 is 0 Å². The number of aryl methyl sites for hydroxylation is 1. The zero-order valence-electron chi connectivity index (χ0n) is 10.6. The third-order valence-corrected chi connectivity index (χ3v) is 3.40. The number of hydrogen-bond donors (Lipinski definition) is 0. The number of aromatic nitrogens is 1. The van der Waals surface area contributed by atoms with Crippen LogP contribution < -0.4 is 4.74 Å². The quantitative estimate of drug-likeness (QED) is 0.803. The Morgan fingerprint density at radius 1 is 1.17 bits per heavy atom. The van der Waals surface area contributed by atoms with Crippen molar-refractivity contribution in [2.45, 2.75) is 19.8 Å². The molecule has 0 aliphatic carbocycles. The van der Waals surface area contributed by atoms with E-state index in [-0.39, 0.29) is 0 Å². The van der Waals surface area contributed by atoms with Crippen molar-refractivity contribution in [1.82, 2.24) is 4.98 Å². The van der Waals surface area contributed by atoms with E-state index in [0.29, 0.717) is 5.92 Å². The molecule has 0 fully saturated rings. The second-order valence-corrected chi connectivity index (χ2v) is 4.96. The van der Waals surface area contributed by atoms with E-state index in [2.05, 4.69) is 35.3 Å². The highest BCUT2D eigenvalue weighted by molar-refractivity contribution is 5.35. The third kappa shape index (κ3) is 2.37. The van der Waals surface area contributed by atoms with Gasteiger partial charge >= 0.3 is 0 Å². The molecule has 0 saturated heterocycles. The molecule has 1 aliphatic heterocycles. The number of nitrogens with zero attached hydrogens (tertiary/aromatic N) is 1. The maximum atomic E-state index is 5.81. The van der Waals surface area contributed by atoms with Crippen molar-refractivity contribution < 1.29 is 4.74 Å². The molecule has 1 atom stereocenters. The molecule has 2 nitrogen and oxygen atoms in total. The van der Waals surface area contributed by atoms with E-state index in [4.69, 9.17) is 4.74 Å². The minimum absolute atomic E-state index is 0.536. The zero-order chi connectivity index (χ0) is 12.4. The number of hydrogen-bond acceptors (Lipinski definition) is 2. The molecule has 18 heavy (non-hydrogen) atoms. The molecule has 3 rings (SSSR count). The lowest BCUT2D eigenvalue weighted by Crippen LogP contribution is -2.23. The van der Waals surface area contributed by atoms with Crippen molar-refractivity contribution in [3.8, 4) is 5.75 Å². The highest BCUT2D eigenvalue weighted by Gasteiger charge is 2.20. The molecular formula is C16H17NO. The molecular weight excluding hydrogens is 222 g/mol. The predicted molar refractivity (Wildman–Crippen MR) is 71.8 cm³/mol. The molecule has 0 unspecified atom stereocenters. The molecule has 2 aromatic rings. The monoisotopic (exact) mass is 239 g/mol. The summed E-state index contributed by atoms with van der Waals surface area (Å²) in [5, 5.41) is 0. The molecule has 1 aliphatic rings. The standard InChI is InChI=1S/C16H17NO/c1-12-5-4-7-15(17-12)10-13-9-14-6-2-3-8-16(14)18-11-13/h2-8,13H,9-11H2,1H3/t13-/m1/s1. The Morgan fingerprint density at radius 2 is 2.06 bits per heavy atom. The van der Waals surface area contributed by atoms with Gasteiger partial charge in [0.2, 0.25) is 0 Å². The third-order valence-electron chi connectivity index (χ3n) is 3.40. The fourth-order valence-corrected chi connectivity index (χ4v) is 2.53. The number of benzene rings is 1. The van der Waals surface area contributed by atoms with Crippen molar-refractivity contribution in [1.29, 1.82) is 0 Å². The highest BCUT2D eigenvalue weighted by Crippen LogP contribution is 2.28. The van der Waals surface area contributed by atoms with Crippen LogP contribution in [0, 0.1) is 12.8 Å². The number of para-hydroxylation sites is 1. The van der Waals surface area contributed by atoms with Gasteiger partial charge in [-0.25, -0.2) is 0 Å². The summed E-state index contributed by atoms with van der Waals surface area (Å²) in [6.45, 7) is 2.84. The largest absolute Gasteiger partial charge is 0.493 e. The summed E-state index contributed by atoms with van der Waals surface area (Å²) < 4.78 is 5.81. The molecule has 92 valence electrons. The van der Waals surface area contributed by atoms with Gasteiger partial charge in [-0.3, -0.25) is 4.98 Å². The van der Waals surface area contributed by atoms with Gasteiger partial charge in [0.05, 0.1) is 6.61 Å². The first-order valence-electron chi connectivity index (χ1n) is 6.44. The Balaban J connectivity index is 1.73. The van der Waals surface area contributed by atoms with Crippen LogP contribution in [0.5, 0.6) is 5.75 Å². The van der Waals surface area contributed by atoms with Gasteiger partial charge in [0.1, 0.15) is 5.75 Å². The van der Waals surface area contributed by atoms with Gasteiger partial charge in [-0.15, -0.1) is 0 Å². The van der Waals surface area contributed by atoms with E-state index < -0.39 is 0 Å². The average Bonchev–Trinajstić information content (AvgIpc) is 2.39. The minimum atomic E-state index is 0.536. The Labute approximate surface area is 108 Å². The van der Waals surface area contributed by atoms with Crippen molar-refractivity contribution in [2.24, 2.45) is 5.92 Å². The maximum Gasteiger partial charge on any atom is 0.122 e. The Bertz CT molecular complexity index is 550. The lowest BCUT2D eigenvalue weighted by molar-refractivity contribution is 0.220. The van der Waals surface area contributed by atoms with Crippen LogP contribution in [-0.4, -0.2) is 11.6 Å². The van der Waals surface area contributed by atoms with Crippen molar-refractivity contribution in [3.63, 3.8) is 0 Å². The van der Waals surface area contributed by atoms with Crippen LogP contribution in [0.25, 0.3) is 0 Å².